The number of nitrogens with one attached hydrogen (secondary N) is 1. The predicted octanol–water partition coefficient (Wildman–Crippen LogP) is 0.205. The molecule has 0 aromatic carbocycles. The number of urea groups is 2. The van der Waals surface area contributed by atoms with Crippen molar-refractivity contribution >= 4 is 33.4 Å². The zero-order valence-electron chi connectivity index (χ0n) is 13.0. The Labute approximate surface area is 143 Å². The number of imide groups is 1. The summed E-state index contributed by atoms with van der Waals surface area (Å²) < 4.78 is 29.1. The van der Waals surface area contributed by atoms with E-state index in [1.54, 1.807) is 0 Å². The fourth-order valence-corrected chi connectivity index (χ4v) is 3.71. The minimum absolute atomic E-state index is 0.00164. The number of carbonyl (C=O) groups is 2. The Morgan fingerprint density at radius 3 is 2.79 bits per heavy atom. The average molecular weight is 377 g/mol. The highest BCUT2D eigenvalue weighted by molar-refractivity contribution is 7.88. The van der Waals surface area contributed by atoms with Crippen molar-refractivity contribution in [2.45, 2.75) is 6.10 Å². The van der Waals surface area contributed by atoms with Crippen LogP contribution in [0.25, 0.3) is 0 Å². The molecule has 0 spiro atoms. The number of nitrogens with zero attached hydrogens (tertiary/aromatic N) is 2. The van der Waals surface area contributed by atoms with Gasteiger partial charge in [0.05, 0.1) is 32.6 Å². The van der Waals surface area contributed by atoms with Gasteiger partial charge in [0.2, 0.25) is 10.0 Å². The number of rotatable bonds is 7. The van der Waals surface area contributed by atoms with Gasteiger partial charge in [-0.15, -0.1) is 0 Å². The number of thiophene rings is 1. The van der Waals surface area contributed by atoms with Crippen molar-refractivity contribution in [1.82, 2.24) is 14.5 Å². The van der Waals surface area contributed by atoms with Crippen LogP contribution in [0.1, 0.15) is 11.7 Å². The van der Waals surface area contributed by atoms with Crippen LogP contribution in [0.2, 0.25) is 0 Å². The summed E-state index contributed by atoms with van der Waals surface area (Å²) in [7, 11) is -3.69. The van der Waals surface area contributed by atoms with Crippen LogP contribution in [0.15, 0.2) is 16.8 Å². The molecule has 1 aliphatic rings. The number of hydrogen-bond acceptors (Lipinski definition) is 7. The highest BCUT2D eigenvalue weighted by Gasteiger charge is 2.38. The van der Waals surface area contributed by atoms with Crippen LogP contribution in [0.3, 0.4) is 0 Å². The molecule has 0 unspecified atom stereocenters. The molecule has 9 nitrogen and oxygen atoms in total. The third-order valence-electron chi connectivity index (χ3n) is 3.38. The molecule has 1 fully saturated rings. The quantitative estimate of drug-likeness (QED) is 0.701. The second kappa shape index (κ2) is 7.92. The normalized spacial score (nSPS) is 16.5. The van der Waals surface area contributed by atoms with Gasteiger partial charge in [-0.1, -0.05) is 0 Å². The minimum atomic E-state index is -3.69. The van der Waals surface area contributed by atoms with Crippen LogP contribution in [0, 0.1) is 0 Å². The number of carbonyl (C=O) groups excluding carboxylic acids is 2. The number of aliphatic hydroxyl groups is 1. The fraction of sp³-hybridized carbons (Fsp3) is 0.538. The molecule has 1 atom stereocenters. The molecule has 4 amide bonds. The Morgan fingerprint density at radius 2 is 2.25 bits per heavy atom. The van der Waals surface area contributed by atoms with Crippen molar-refractivity contribution in [3.8, 4) is 0 Å². The lowest BCUT2D eigenvalue weighted by molar-refractivity contribution is 0.0292. The summed E-state index contributed by atoms with van der Waals surface area (Å²) in [5, 5.41) is 15.2. The molecule has 1 aromatic rings. The second-order valence-electron chi connectivity index (χ2n) is 5.10. The number of aliphatic hydroxyl groups excluding tert-OH is 1. The van der Waals surface area contributed by atoms with Crippen LogP contribution in [-0.2, 0) is 14.8 Å². The van der Waals surface area contributed by atoms with Crippen LogP contribution in [0.5, 0.6) is 0 Å². The Bertz CT molecular complexity index is 676. The molecule has 1 saturated heterocycles. The maximum atomic E-state index is 12.1. The lowest BCUT2D eigenvalue weighted by Gasteiger charge is -2.20. The van der Waals surface area contributed by atoms with Gasteiger partial charge in [-0.25, -0.2) is 27.2 Å². The van der Waals surface area contributed by atoms with Gasteiger partial charge in [0, 0.05) is 6.54 Å². The van der Waals surface area contributed by atoms with Crippen LogP contribution < -0.4 is 5.32 Å². The second-order valence-corrected chi connectivity index (χ2v) is 7.78. The summed E-state index contributed by atoms with van der Waals surface area (Å²) in [6, 6.07) is 0.294. The van der Waals surface area contributed by atoms with Gasteiger partial charge in [0.15, 0.2) is 0 Å². The van der Waals surface area contributed by atoms with E-state index in [1.807, 2.05) is 16.8 Å². The maximum absolute atomic E-state index is 12.1. The Morgan fingerprint density at radius 1 is 1.50 bits per heavy atom. The SMILES string of the molecule is CS(=O)(=O)N1CCN(C(=O)NC[C@@H](OCCO)c2ccsc2)C1=O. The summed E-state index contributed by atoms with van der Waals surface area (Å²) >= 11 is 1.47. The molecule has 0 saturated carbocycles. The van der Waals surface area contributed by atoms with E-state index in [-0.39, 0.29) is 32.8 Å². The van der Waals surface area contributed by atoms with Crippen LogP contribution >= 0.6 is 11.3 Å². The first-order valence-corrected chi connectivity index (χ1v) is 9.95. The van der Waals surface area contributed by atoms with Crippen LogP contribution in [-0.4, -0.2) is 73.9 Å². The van der Waals surface area contributed by atoms with Crippen molar-refractivity contribution < 1.29 is 27.9 Å². The minimum Gasteiger partial charge on any atom is -0.394 e. The zero-order valence-corrected chi connectivity index (χ0v) is 14.7. The first-order valence-electron chi connectivity index (χ1n) is 7.16. The molecule has 1 aliphatic heterocycles. The van der Waals surface area contributed by atoms with Crippen molar-refractivity contribution in [2.75, 3.05) is 39.1 Å². The van der Waals surface area contributed by atoms with Gasteiger partial charge in [-0.3, -0.25) is 0 Å². The molecule has 1 aromatic heterocycles. The number of hydrogen-bond donors (Lipinski definition) is 2. The van der Waals surface area contributed by atoms with E-state index in [0.29, 0.717) is 4.31 Å². The van der Waals surface area contributed by atoms with Gasteiger partial charge in [-0.05, 0) is 22.4 Å². The van der Waals surface area contributed by atoms with Crippen LogP contribution in [0.4, 0.5) is 9.59 Å². The van der Waals surface area contributed by atoms with E-state index in [9.17, 15) is 18.0 Å². The number of amides is 4. The van der Waals surface area contributed by atoms with Gasteiger partial charge in [-0.2, -0.15) is 11.3 Å². The van der Waals surface area contributed by atoms with Gasteiger partial charge in [0.1, 0.15) is 6.10 Å². The van der Waals surface area contributed by atoms with Gasteiger partial charge in [0.25, 0.3) is 0 Å². The number of ether oxygens (including phenoxy) is 1. The van der Waals surface area contributed by atoms with Crippen molar-refractivity contribution in [1.29, 1.82) is 0 Å². The topological polar surface area (TPSA) is 116 Å². The maximum Gasteiger partial charge on any atom is 0.341 e. The summed E-state index contributed by atoms with van der Waals surface area (Å²) in [6.45, 7) is 0.0000299. The average Bonchev–Trinajstić information content (AvgIpc) is 3.16. The van der Waals surface area contributed by atoms with Crippen molar-refractivity contribution in [2.24, 2.45) is 0 Å². The fourth-order valence-electron chi connectivity index (χ4n) is 2.21. The molecular weight excluding hydrogens is 358 g/mol. The molecule has 11 heteroatoms. The summed E-state index contributed by atoms with van der Waals surface area (Å²) in [6.07, 6.45) is 0.456. The molecule has 0 bridgehead atoms. The third-order valence-corrected chi connectivity index (χ3v) is 5.22. The third kappa shape index (κ3) is 4.44. The first-order chi connectivity index (χ1) is 11.3. The van der Waals surface area contributed by atoms with E-state index in [0.717, 1.165) is 16.7 Å². The lowest BCUT2D eigenvalue weighted by Crippen LogP contribution is -2.44. The lowest BCUT2D eigenvalue weighted by atomic mass is 10.2. The summed E-state index contributed by atoms with van der Waals surface area (Å²) in [4.78, 5) is 25.0. The van der Waals surface area contributed by atoms with Gasteiger partial charge < -0.3 is 15.2 Å². The highest BCUT2D eigenvalue weighted by Crippen LogP contribution is 2.20. The molecule has 2 heterocycles. The summed E-state index contributed by atoms with van der Waals surface area (Å²) in [5.74, 6) is 0. The predicted molar refractivity (Wildman–Crippen MR) is 87.1 cm³/mol. The molecule has 134 valence electrons. The smallest absolute Gasteiger partial charge is 0.341 e. The first kappa shape index (κ1) is 18.6. The van der Waals surface area contributed by atoms with E-state index >= 15 is 0 Å². The highest BCUT2D eigenvalue weighted by atomic mass is 32.2. The van der Waals surface area contributed by atoms with E-state index in [1.165, 1.54) is 11.3 Å². The molecular formula is C13H19N3O6S2. The molecule has 2 N–H and O–H groups in total. The Balaban J connectivity index is 1.95. The molecule has 0 radical (unpaired) electrons. The Kier molecular flexibility index (Phi) is 6.15. The molecule has 24 heavy (non-hydrogen) atoms. The number of sulfonamides is 1. The molecule has 0 aliphatic carbocycles. The Hall–Kier alpha value is -1.69. The van der Waals surface area contributed by atoms with Crippen molar-refractivity contribution in [3.63, 3.8) is 0 Å². The largest absolute Gasteiger partial charge is 0.394 e. The van der Waals surface area contributed by atoms with Gasteiger partial charge >= 0.3 is 12.1 Å². The van der Waals surface area contributed by atoms with E-state index in [4.69, 9.17) is 9.84 Å². The van der Waals surface area contributed by atoms with E-state index in [2.05, 4.69) is 5.32 Å². The standard InChI is InChI=1S/C13H19N3O6S2/c1-24(20,21)16-4-3-15(13(16)19)12(18)14-8-11(22-6-5-17)10-2-7-23-9-10/h2,7,9,11,17H,3-6,8H2,1H3,(H,14,18)/t11-/m1/s1. The summed E-state index contributed by atoms with van der Waals surface area (Å²) in [5.41, 5.74) is 0.847. The zero-order chi connectivity index (χ0) is 17.7. The van der Waals surface area contributed by atoms with Crippen molar-refractivity contribution in [3.05, 3.63) is 22.4 Å². The monoisotopic (exact) mass is 377 g/mol. The molecule has 2 rings (SSSR count). The van der Waals surface area contributed by atoms with E-state index < -0.39 is 28.2 Å².